The Bertz CT molecular complexity index is 3130. The smallest absolute Gasteiger partial charge is 0.0886 e. The molecule has 11 aromatic rings. The minimum absolute atomic E-state index is 0.805. The molecule has 0 bridgehead atoms. The number of aromatic nitrogens is 8. The van der Waals surface area contributed by atoms with E-state index in [1.807, 2.05) is 134 Å². The van der Waals surface area contributed by atoms with Crippen LogP contribution in [0.4, 0.5) is 0 Å². The van der Waals surface area contributed by atoms with Crippen molar-refractivity contribution in [3.05, 3.63) is 232 Å². The van der Waals surface area contributed by atoms with Gasteiger partial charge in [-0.1, -0.05) is 97.1 Å². The van der Waals surface area contributed by atoms with E-state index in [9.17, 15) is 0 Å². The lowest BCUT2D eigenvalue weighted by atomic mass is 9.92. The quantitative estimate of drug-likeness (QED) is 0.134. The average Bonchev–Trinajstić information content (AvgIpc) is 3.42. The van der Waals surface area contributed by atoms with Crippen LogP contribution in [0.15, 0.2) is 232 Å². The van der Waals surface area contributed by atoms with E-state index in [2.05, 4.69) is 105 Å². The molecule has 0 fully saturated rings. The lowest BCUT2D eigenvalue weighted by molar-refractivity contribution is 1.23. The molecule has 0 N–H and O–H groups in total. The van der Waals surface area contributed by atoms with Crippen molar-refractivity contribution in [3.8, 4) is 112 Å². The van der Waals surface area contributed by atoms with Crippen LogP contribution in [0.3, 0.4) is 0 Å². The Hall–Kier alpha value is -9.14. The van der Waals surface area contributed by atoms with Crippen LogP contribution in [0, 0.1) is 0 Å². The van der Waals surface area contributed by atoms with E-state index < -0.39 is 0 Å². The fourth-order valence-corrected chi connectivity index (χ4v) is 8.00. The Morgan fingerprint density at radius 2 is 0.424 bits per heavy atom. The average molecular weight is 847 g/mol. The number of pyridine rings is 8. The fraction of sp³-hybridized carbons (Fsp3) is 0. The van der Waals surface area contributed by atoms with Gasteiger partial charge < -0.3 is 0 Å². The minimum Gasteiger partial charge on any atom is -0.256 e. The molecule has 8 heteroatoms. The third kappa shape index (κ3) is 8.37. The number of hydrogen-bond donors (Lipinski definition) is 0. The van der Waals surface area contributed by atoms with E-state index in [-0.39, 0.29) is 0 Å². The van der Waals surface area contributed by atoms with Crippen LogP contribution < -0.4 is 0 Å². The molecule has 3 aromatic carbocycles. The van der Waals surface area contributed by atoms with Gasteiger partial charge >= 0.3 is 0 Å². The first-order chi connectivity index (χ1) is 32.7. The summed E-state index contributed by atoms with van der Waals surface area (Å²) in [7, 11) is 0. The van der Waals surface area contributed by atoms with Crippen LogP contribution in [-0.4, -0.2) is 39.9 Å². The van der Waals surface area contributed by atoms with E-state index >= 15 is 0 Å². The van der Waals surface area contributed by atoms with Crippen molar-refractivity contribution >= 4 is 0 Å². The summed E-state index contributed by atoms with van der Waals surface area (Å²) < 4.78 is 0. The zero-order valence-electron chi connectivity index (χ0n) is 35.5. The van der Waals surface area contributed by atoms with Gasteiger partial charge in [0.1, 0.15) is 0 Å². The molecule has 0 radical (unpaired) electrons. The molecule has 0 saturated carbocycles. The highest BCUT2D eigenvalue weighted by Crippen LogP contribution is 2.35. The van der Waals surface area contributed by atoms with Crippen molar-refractivity contribution in [3.63, 3.8) is 0 Å². The summed E-state index contributed by atoms with van der Waals surface area (Å²) in [6, 6.07) is 62.0. The molecule has 0 saturated heterocycles. The van der Waals surface area contributed by atoms with Crippen molar-refractivity contribution in [1.82, 2.24) is 39.9 Å². The highest BCUT2D eigenvalue weighted by Gasteiger charge is 2.12. The van der Waals surface area contributed by atoms with Gasteiger partial charge in [0, 0.05) is 83.0 Å². The Balaban J connectivity index is 0.737. The van der Waals surface area contributed by atoms with Gasteiger partial charge in [-0.3, -0.25) is 39.9 Å². The molecule has 0 aliphatic rings. The van der Waals surface area contributed by atoms with Gasteiger partial charge in [0.25, 0.3) is 0 Å². The number of rotatable bonds is 10. The second-order valence-corrected chi connectivity index (χ2v) is 15.7. The molecule has 11 rings (SSSR count). The maximum Gasteiger partial charge on any atom is 0.0886 e. The van der Waals surface area contributed by atoms with Crippen molar-refractivity contribution in [1.29, 1.82) is 0 Å². The topological polar surface area (TPSA) is 103 Å². The summed E-state index contributed by atoms with van der Waals surface area (Å²) >= 11 is 0. The third-order valence-electron chi connectivity index (χ3n) is 11.6. The van der Waals surface area contributed by atoms with E-state index in [0.717, 1.165) is 101 Å². The predicted octanol–water partition coefficient (Wildman–Crippen LogP) is 13.5. The molecule has 0 unspecified atom stereocenters. The van der Waals surface area contributed by atoms with Crippen LogP contribution in [-0.2, 0) is 0 Å². The SMILES string of the molecule is c1ccc(-c2ccc(-c3ccc(-c4ccc(-c5ccc(-c6ccccc6-c6ccc(-c7ccc(-c8ccc(-c9ccc(-c%10ccccn%10)cn9)cn8)nc7)cc6)cc5)cn4)nc3)nc2)nc1. The van der Waals surface area contributed by atoms with E-state index in [0.29, 0.717) is 0 Å². The number of nitrogens with zero attached hydrogens (tertiary/aromatic N) is 8. The molecule has 0 atom stereocenters. The van der Waals surface area contributed by atoms with Crippen molar-refractivity contribution in [2.75, 3.05) is 0 Å². The maximum atomic E-state index is 4.78. The van der Waals surface area contributed by atoms with Crippen LogP contribution in [0.5, 0.6) is 0 Å². The first kappa shape index (κ1) is 39.7. The van der Waals surface area contributed by atoms with Crippen LogP contribution >= 0.6 is 0 Å². The second-order valence-electron chi connectivity index (χ2n) is 15.7. The minimum atomic E-state index is 0.805. The Morgan fingerprint density at radius 3 is 0.712 bits per heavy atom. The zero-order chi connectivity index (χ0) is 44.1. The summed E-state index contributed by atoms with van der Waals surface area (Å²) in [5, 5.41) is 0. The van der Waals surface area contributed by atoms with Gasteiger partial charge in [-0.05, 0) is 118 Å². The van der Waals surface area contributed by atoms with E-state index in [4.69, 9.17) is 19.9 Å². The van der Waals surface area contributed by atoms with Gasteiger partial charge in [0.05, 0.1) is 45.6 Å². The molecular weight excluding hydrogens is 809 g/mol. The number of benzene rings is 3. The molecular formula is C58H38N8. The highest BCUT2D eigenvalue weighted by molar-refractivity contribution is 5.85. The van der Waals surface area contributed by atoms with Crippen LogP contribution in [0.1, 0.15) is 0 Å². The van der Waals surface area contributed by atoms with Gasteiger partial charge in [-0.25, -0.2) is 0 Å². The monoisotopic (exact) mass is 846 g/mol. The van der Waals surface area contributed by atoms with Crippen molar-refractivity contribution in [2.24, 2.45) is 0 Å². The summed E-state index contributed by atoms with van der Waals surface area (Å²) in [6.07, 6.45) is 14.8. The fourth-order valence-electron chi connectivity index (χ4n) is 8.00. The molecule has 0 spiro atoms. The molecule has 0 aliphatic heterocycles. The Labute approximate surface area is 382 Å². The molecule has 66 heavy (non-hydrogen) atoms. The van der Waals surface area contributed by atoms with Gasteiger partial charge in [0.15, 0.2) is 0 Å². The van der Waals surface area contributed by atoms with Crippen molar-refractivity contribution < 1.29 is 0 Å². The first-order valence-electron chi connectivity index (χ1n) is 21.6. The Morgan fingerprint density at radius 1 is 0.167 bits per heavy atom. The van der Waals surface area contributed by atoms with E-state index in [1.54, 1.807) is 12.4 Å². The lowest BCUT2D eigenvalue weighted by Gasteiger charge is -2.12. The summed E-state index contributed by atoms with van der Waals surface area (Å²) in [5.74, 6) is 0. The predicted molar refractivity (Wildman–Crippen MR) is 263 cm³/mol. The molecule has 0 aliphatic carbocycles. The molecule has 310 valence electrons. The lowest BCUT2D eigenvalue weighted by Crippen LogP contribution is -1.91. The highest BCUT2D eigenvalue weighted by atomic mass is 14.8. The van der Waals surface area contributed by atoms with Crippen LogP contribution in [0.25, 0.3) is 112 Å². The largest absolute Gasteiger partial charge is 0.256 e. The standard InChI is InChI=1S/C58H38N8/c1-2-8-50(42-17-13-40(14-18-42)44-20-28-56(64-34-44)58-30-24-48(38-66-58)54-26-22-46(36-62-54)52-10-4-6-32-60-52)49(7-1)41-15-11-39(12-16-41)43-19-27-55(63-33-43)57-29-23-47(37-65-57)53-25-21-45(35-61-53)51-9-3-5-31-59-51/h1-38H. The van der Waals surface area contributed by atoms with Crippen molar-refractivity contribution in [2.45, 2.75) is 0 Å². The second kappa shape index (κ2) is 17.9. The van der Waals surface area contributed by atoms with Gasteiger partial charge in [0.2, 0.25) is 0 Å². The normalized spacial score (nSPS) is 11.0. The third-order valence-corrected chi connectivity index (χ3v) is 11.6. The summed E-state index contributed by atoms with van der Waals surface area (Å²) in [4.78, 5) is 37.1. The molecule has 8 heterocycles. The molecule has 8 nitrogen and oxygen atoms in total. The maximum absolute atomic E-state index is 4.78. The number of hydrogen-bond acceptors (Lipinski definition) is 8. The van der Waals surface area contributed by atoms with Gasteiger partial charge in [-0.15, -0.1) is 0 Å². The van der Waals surface area contributed by atoms with Gasteiger partial charge in [-0.2, -0.15) is 0 Å². The Kier molecular flexibility index (Phi) is 10.8. The molecule has 0 amide bonds. The molecule has 8 aromatic heterocycles. The first-order valence-corrected chi connectivity index (χ1v) is 21.6. The summed E-state index contributed by atoms with van der Waals surface area (Å²) in [6.45, 7) is 0. The zero-order valence-corrected chi connectivity index (χ0v) is 35.5. The summed E-state index contributed by atoms with van der Waals surface area (Å²) in [5.41, 5.74) is 19.5. The van der Waals surface area contributed by atoms with E-state index in [1.165, 1.54) is 11.1 Å². The van der Waals surface area contributed by atoms with Crippen LogP contribution in [0.2, 0.25) is 0 Å².